The van der Waals surface area contributed by atoms with Gasteiger partial charge in [-0.1, -0.05) is 18.2 Å². The molecule has 0 fully saturated rings. The van der Waals surface area contributed by atoms with E-state index in [1.54, 1.807) is 45.2 Å². The van der Waals surface area contributed by atoms with Gasteiger partial charge in [0.25, 0.3) is 0 Å². The Morgan fingerprint density at radius 3 is 2.16 bits per heavy atom. The number of hydrogen-bond acceptors (Lipinski definition) is 3. The predicted octanol–water partition coefficient (Wildman–Crippen LogP) is 2.77. The van der Waals surface area contributed by atoms with Crippen LogP contribution in [-0.4, -0.2) is 42.3 Å². The summed E-state index contributed by atoms with van der Waals surface area (Å²) in [6.45, 7) is 3.91. The molecule has 0 spiro atoms. The second-order valence-corrected chi connectivity index (χ2v) is 6.66. The van der Waals surface area contributed by atoms with Crippen LogP contribution in [0, 0.1) is 5.41 Å². The van der Waals surface area contributed by atoms with Crippen LogP contribution in [0.5, 0.6) is 0 Å². The zero-order valence-electron chi connectivity index (χ0n) is 15.3. The molecule has 1 aromatic heterocycles. The molecule has 0 atom stereocenters. The summed E-state index contributed by atoms with van der Waals surface area (Å²) in [5.41, 5.74) is 0.755. The van der Waals surface area contributed by atoms with Crippen molar-refractivity contribution in [2.75, 3.05) is 25.5 Å². The van der Waals surface area contributed by atoms with Crippen molar-refractivity contribution in [3.05, 3.63) is 60.4 Å². The Morgan fingerprint density at radius 1 is 0.960 bits per heavy atom. The number of carbonyl (C=O) groups is 2. The van der Waals surface area contributed by atoms with E-state index in [0.717, 1.165) is 17.7 Å². The van der Waals surface area contributed by atoms with E-state index < -0.39 is 5.41 Å². The summed E-state index contributed by atoms with van der Waals surface area (Å²) in [5.74, 6) is -0.409. The summed E-state index contributed by atoms with van der Waals surface area (Å²) in [6, 6.07) is 13.2. The number of aromatic nitrogens is 1. The third kappa shape index (κ3) is 4.44. The monoisotopic (exact) mass is 339 g/mol. The number of anilines is 1. The molecule has 2 aromatic rings. The number of pyridine rings is 1. The molecule has 0 radical (unpaired) electrons. The normalized spacial score (nSPS) is 11.0. The van der Waals surface area contributed by atoms with E-state index in [9.17, 15) is 9.59 Å². The lowest BCUT2D eigenvalue weighted by molar-refractivity contribution is -0.146. The fraction of sp³-hybridized carbons (Fsp3) is 0.350. The van der Waals surface area contributed by atoms with Crippen LogP contribution < -0.4 is 4.90 Å². The van der Waals surface area contributed by atoms with Crippen LogP contribution in [0.2, 0.25) is 0 Å². The molecule has 132 valence electrons. The number of hydrogen-bond donors (Lipinski definition) is 0. The maximum atomic E-state index is 12.9. The molecule has 25 heavy (non-hydrogen) atoms. The van der Waals surface area contributed by atoms with E-state index in [-0.39, 0.29) is 11.8 Å². The largest absolute Gasteiger partial charge is 0.345 e. The number of benzene rings is 1. The van der Waals surface area contributed by atoms with Crippen LogP contribution in [0.15, 0.2) is 54.9 Å². The molecule has 0 saturated carbocycles. The Hall–Kier alpha value is -2.69. The van der Waals surface area contributed by atoms with E-state index in [1.165, 1.54) is 4.90 Å². The van der Waals surface area contributed by atoms with Gasteiger partial charge in [0.1, 0.15) is 5.41 Å². The third-order valence-electron chi connectivity index (χ3n) is 4.35. The van der Waals surface area contributed by atoms with Crippen LogP contribution in [0.4, 0.5) is 5.69 Å². The van der Waals surface area contributed by atoms with Crippen LogP contribution in [0.25, 0.3) is 0 Å². The van der Waals surface area contributed by atoms with Crippen LogP contribution >= 0.6 is 0 Å². The topological polar surface area (TPSA) is 53.5 Å². The summed E-state index contributed by atoms with van der Waals surface area (Å²) in [4.78, 5) is 32.8. The first-order chi connectivity index (χ1) is 11.8. The SMILES string of the molecule is CN(CCc1ccncc1)C(=O)C(C)(C)C(=O)N(C)c1ccccc1. The molecule has 5 heteroatoms. The number of likely N-dealkylation sites (N-methyl/N-ethyl adjacent to an activating group) is 1. The lowest BCUT2D eigenvalue weighted by Gasteiger charge is -2.32. The third-order valence-corrected chi connectivity index (χ3v) is 4.35. The molecule has 0 bridgehead atoms. The Balaban J connectivity index is 2.03. The fourth-order valence-corrected chi connectivity index (χ4v) is 2.70. The van der Waals surface area contributed by atoms with Crippen molar-refractivity contribution >= 4 is 17.5 Å². The number of amides is 2. The van der Waals surface area contributed by atoms with E-state index >= 15 is 0 Å². The van der Waals surface area contributed by atoms with Crippen LogP contribution in [0.1, 0.15) is 19.4 Å². The molecular weight excluding hydrogens is 314 g/mol. The predicted molar refractivity (Wildman–Crippen MR) is 99.2 cm³/mol. The highest BCUT2D eigenvalue weighted by molar-refractivity contribution is 6.10. The maximum absolute atomic E-state index is 12.9. The van der Waals surface area contributed by atoms with Crippen molar-refractivity contribution in [3.63, 3.8) is 0 Å². The highest BCUT2D eigenvalue weighted by Gasteiger charge is 2.40. The first-order valence-corrected chi connectivity index (χ1v) is 8.31. The van der Waals surface area contributed by atoms with Gasteiger partial charge in [-0.2, -0.15) is 0 Å². The molecule has 2 amide bonds. The van der Waals surface area contributed by atoms with Gasteiger partial charge in [0.05, 0.1) is 0 Å². The number of nitrogens with zero attached hydrogens (tertiary/aromatic N) is 3. The summed E-state index contributed by atoms with van der Waals surface area (Å²) in [5, 5.41) is 0. The Bertz CT molecular complexity index is 714. The van der Waals surface area contributed by atoms with Crippen LogP contribution in [0.3, 0.4) is 0 Å². The molecule has 0 aliphatic carbocycles. The molecule has 2 rings (SSSR count). The van der Waals surface area contributed by atoms with E-state index in [2.05, 4.69) is 4.98 Å². The van der Waals surface area contributed by atoms with E-state index in [1.807, 2.05) is 42.5 Å². The molecule has 0 aliphatic rings. The summed E-state index contributed by atoms with van der Waals surface area (Å²) in [6.07, 6.45) is 4.20. The molecule has 1 heterocycles. The zero-order valence-corrected chi connectivity index (χ0v) is 15.3. The second kappa shape index (κ2) is 7.92. The standard InChI is InChI=1S/C20H25N3O2/c1-20(2,19(25)23(4)17-8-6-5-7-9-17)18(24)22(3)15-12-16-10-13-21-14-11-16/h5-11,13-14H,12,15H2,1-4H3. The lowest BCUT2D eigenvalue weighted by atomic mass is 9.89. The number of para-hydroxylation sites is 1. The molecule has 0 aliphatic heterocycles. The van der Waals surface area contributed by atoms with Gasteiger partial charge in [-0.25, -0.2) is 0 Å². The van der Waals surface area contributed by atoms with Crippen molar-refractivity contribution < 1.29 is 9.59 Å². The Kier molecular flexibility index (Phi) is 5.91. The molecule has 0 saturated heterocycles. The highest BCUT2D eigenvalue weighted by Crippen LogP contribution is 2.25. The van der Waals surface area contributed by atoms with Gasteiger partial charge in [0.2, 0.25) is 11.8 Å². The van der Waals surface area contributed by atoms with Crippen molar-refractivity contribution in [2.45, 2.75) is 20.3 Å². The van der Waals surface area contributed by atoms with Gasteiger partial charge in [0.15, 0.2) is 0 Å². The number of rotatable bonds is 6. The zero-order chi connectivity index (χ0) is 18.4. The average Bonchev–Trinajstić information content (AvgIpc) is 2.65. The minimum atomic E-state index is -1.13. The average molecular weight is 339 g/mol. The van der Waals surface area contributed by atoms with Crippen molar-refractivity contribution in [1.29, 1.82) is 0 Å². The Morgan fingerprint density at radius 2 is 1.56 bits per heavy atom. The minimum absolute atomic E-state index is 0.186. The first-order valence-electron chi connectivity index (χ1n) is 8.31. The van der Waals surface area contributed by atoms with Crippen molar-refractivity contribution in [1.82, 2.24) is 9.88 Å². The molecule has 0 N–H and O–H groups in total. The van der Waals surface area contributed by atoms with Crippen molar-refractivity contribution in [3.8, 4) is 0 Å². The summed E-state index contributed by atoms with van der Waals surface area (Å²) < 4.78 is 0. The molecule has 5 nitrogen and oxygen atoms in total. The lowest BCUT2D eigenvalue weighted by Crippen LogP contribution is -2.49. The van der Waals surface area contributed by atoms with Gasteiger partial charge in [-0.3, -0.25) is 14.6 Å². The second-order valence-electron chi connectivity index (χ2n) is 6.66. The van der Waals surface area contributed by atoms with Crippen LogP contribution in [-0.2, 0) is 16.0 Å². The first kappa shape index (κ1) is 18.6. The smallest absolute Gasteiger partial charge is 0.241 e. The molecular formula is C20H25N3O2. The molecule has 0 unspecified atom stereocenters. The highest BCUT2D eigenvalue weighted by atomic mass is 16.2. The van der Waals surface area contributed by atoms with Gasteiger partial charge < -0.3 is 9.80 Å². The summed E-state index contributed by atoms with van der Waals surface area (Å²) >= 11 is 0. The van der Waals surface area contributed by atoms with Gasteiger partial charge in [0, 0.05) is 38.7 Å². The number of carbonyl (C=O) groups excluding carboxylic acids is 2. The minimum Gasteiger partial charge on any atom is -0.345 e. The maximum Gasteiger partial charge on any atom is 0.241 e. The quantitative estimate of drug-likeness (QED) is 0.761. The molecule has 1 aromatic carbocycles. The summed E-state index contributed by atoms with van der Waals surface area (Å²) in [7, 11) is 3.44. The van der Waals surface area contributed by atoms with Gasteiger partial charge in [-0.05, 0) is 50.1 Å². The fourth-order valence-electron chi connectivity index (χ4n) is 2.70. The van der Waals surface area contributed by atoms with Gasteiger partial charge in [-0.15, -0.1) is 0 Å². The van der Waals surface area contributed by atoms with Gasteiger partial charge >= 0.3 is 0 Å². The van der Waals surface area contributed by atoms with E-state index in [0.29, 0.717) is 6.54 Å². The van der Waals surface area contributed by atoms with Crippen molar-refractivity contribution in [2.24, 2.45) is 5.41 Å². The Labute approximate surface area is 149 Å². The van der Waals surface area contributed by atoms with E-state index in [4.69, 9.17) is 0 Å².